The first-order chi connectivity index (χ1) is 14.6. The van der Waals surface area contributed by atoms with Gasteiger partial charge < -0.3 is 10.1 Å². The Morgan fingerprint density at radius 1 is 1.16 bits per heavy atom. The second-order valence-electron chi connectivity index (χ2n) is 6.30. The van der Waals surface area contributed by atoms with E-state index in [-0.39, 0.29) is 23.7 Å². The van der Waals surface area contributed by atoms with Crippen molar-refractivity contribution in [3.05, 3.63) is 82.1 Å². The van der Waals surface area contributed by atoms with Gasteiger partial charge in [0.1, 0.15) is 11.4 Å². The van der Waals surface area contributed by atoms with E-state index in [0.717, 1.165) is 11.0 Å². The second-order valence-corrected chi connectivity index (χ2v) is 6.30. The second kappa shape index (κ2) is 8.30. The summed E-state index contributed by atoms with van der Waals surface area (Å²) >= 11 is 0. The molecule has 2 aromatic rings. The summed E-state index contributed by atoms with van der Waals surface area (Å²) in [5.74, 6) is -0.756. The zero-order valence-electron chi connectivity index (χ0n) is 15.7. The van der Waals surface area contributed by atoms with Gasteiger partial charge in [0.15, 0.2) is 0 Å². The molecule has 0 spiro atoms. The van der Waals surface area contributed by atoms with Gasteiger partial charge >= 0.3 is 17.9 Å². The van der Waals surface area contributed by atoms with Gasteiger partial charge in [0, 0.05) is 12.6 Å². The van der Waals surface area contributed by atoms with Crippen LogP contribution >= 0.6 is 0 Å². The molecule has 0 aliphatic carbocycles. The highest BCUT2D eigenvalue weighted by Crippen LogP contribution is 2.37. The molecule has 3 rings (SSSR count). The summed E-state index contributed by atoms with van der Waals surface area (Å²) in [5.41, 5.74) is -1.43. The number of urea groups is 1. The van der Waals surface area contributed by atoms with Crippen LogP contribution in [0.5, 0.6) is 11.5 Å². The van der Waals surface area contributed by atoms with E-state index in [1.807, 2.05) is 0 Å². The Bertz CT molecular complexity index is 1090. The van der Waals surface area contributed by atoms with Crippen LogP contribution in [0, 0.1) is 10.1 Å². The molecular weight excluding hydrogens is 419 g/mol. The van der Waals surface area contributed by atoms with E-state index < -0.39 is 34.3 Å². The Morgan fingerprint density at radius 3 is 2.42 bits per heavy atom. The van der Waals surface area contributed by atoms with E-state index >= 15 is 0 Å². The number of ether oxygens (including phenoxy) is 1. The fourth-order valence-corrected chi connectivity index (χ4v) is 2.71. The number of imide groups is 1. The maximum atomic E-state index is 12.8. The van der Waals surface area contributed by atoms with Crippen molar-refractivity contribution >= 4 is 23.7 Å². The summed E-state index contributed by atoms with van der Waals surface area (Å²) in [6.07, 6.45) is -1.90. The number of hydrogen-bond acceptors (Lipinski definition) is 5. The first-order valence-electron chi connectivity index (χ1n) is 8.69. The Balaban J connectivity index is 1.80. The summed E-state index contributed by atoms with van der Waals surface area (Å²) in [7, 11) is 0. The molecule has 8 nitrogen and oxygen atoms in total. The van der Waals surface area contributed by atoms with E-state index in [0.29, 0.717) is 17.7 Å². The van der Waals surface area contributed by atoms with Gasteiger partial charge in [-0.05, 0) is 35.9 Å². The molecule has 160 valence electrons. The van der Waals surface area contributed by atoms with Gasteiger partial charge in [-0.3, -0.25) is 19.8 Å². The van der Waals surface area contributed by atoms with Crippen molar-refractivity contribution in [2.75, 3.05) is 6.54 Å². The summed E-state index contributed by atoms with van der Waals surface area (Å²) < 4.78 is 43.7. The van der Waals surface area contributed by atoms with E-state index in [9.17, 15) is 32.9 Å². The third-order valence-electron chi connectivity index (χ3n) is 4.18. The molecule has 0 radical (unpaired) electrons. The standard InChI is InChI=1S/C20H14F3N3O5/c1-2-9-25-18(27)15(24-19(25)28)10-12-3-6-14(7-4-12)31-17-8-5-13(20(21,22)23)11-16(17)26(29)30/h2-8,10-11H,1,9H2,(H,24,28)/b15-10+. The van der Waals surface area contributed by atoms with Gasteiger partial charge in [0.2, 0.25) is 5.75 Å². The SMILES string of the molecule is C=CCN1C(=O)N/C(=C/c2ccc(Oc3ccc(C(F)(F)F)cc3[N+](=O)[O-])cc2)C1=O. The lowest BCUT2D eigenvalue weighted by atomic mass is 10.1. The molecule has 0 unspecified atom stereocenters. The first kappa shape index (κ1) is 21.6. The third kappa shape index (κ3) is 4.71. The fourth-order valence-electron chi connectivity index (χ4n) is 2.71. The lowest BCUT2D eigenvalue weighted by Gasteiger charge is -2.10. The summed E-state index contributed by atoms with van der Waals surface area (Å²) in [4.78, 5) is 35.1. The number of hydrogen-bond donors (Lipinski definition) is 1. The largest absolute Gasteiger partial charge is 0.450 e. The zero-order valence-corrected chi connectivity index (χ0v) is 15.7. The molecular formula is C20H14F3N3O5. The first-order valence-corrected chi connectivity index (χ1v) is 8.69. The number of carbonyl (C=O) groups excluding carboxylic acids is 2. The molecule has 1 aliphatic heterocycles. The van der Waals surface area contributed by atoms with E-state index in [2.05, 4.69) is 11.9 Å². The number of amides is 3. The molecule has 0 bridgehead atoms. The van der Waals surface area contributed by atoms with Crippen LogP contribution in [0.25, 0.3) is 6.08 Å². The van der Waals surface area contributed by atoms with Crippen LogP contribution in [-0.4, -0.2) is 28.3 Å². The molecule has 1 saturated heterocycles. The van der Waals surface area contributed by atoms with Crippen molar-refractivity contribution < 1.29 is 32.4 Å². The number of carbonyl (C=O) groups is 2. The van der Waals surface area contributed by atoms with Crippen molar-refractivity contribution in [3.8, 4) is 11.5 Å². The van der Waals surface area contributed by atoms with Crippen molar-refractivity contribution in [3.63, 3.8) is 0 Å². The van der Waals surface area contributed by atoms with E-state index in [1.54, 1.807) is 0 Å². The number of nitrogens with zero attached hydrogens (tertiary/aromatic N) is 2. The lowest BCUT2D eigenvalue weighted by Crippen LogP contribution is -2.30. The highest BCUT2D eigenvalue weighted by Gasteiger charge is 2.34. The Labute approximate surface area is 173 Å². The minimum absolute atomic E-state index is 0.0545. The predicted molar refractivity (Wildman–Crippen MR) is 103 cm³/mol. The van der Waals surface area contributed by atoms with E-state index in [4.69, 9.17) is 4.74 Å². The summed E-state index contributed by atoms with van der Waals surface area (Å²) in [6, 6.07) is 7.22. The van der Waals surface area contributed by atoms with Crippen molar-refractivity contribution in [1.82, 2.24) is 10.2 Å². The number of nitro benzene ring substituents is 1. The quantitative estimate of drug-likeness (QED) is 0.238. The van der Waals surface area contributed by atoms with E-state index in [1.165, 1.54) is 36.4 Å². The van der Waals surface area contributed by atoms with Crippen LogP contribution in [0.15, 0.2) is 60.8 Å². The molecule has 1 aliphatic rings. The number of benzene rings is 2. The summed E-state index contributed by atoms with van der Waals surface area (Å²) in [5, 5.41) is 13.6. The van der Waals surface area contributed by atoms with Gasteiger partial charge in [-0.1, -0.05) is 18.2 Å². The molecule has 1 heterocycles. The average Bonchev–Trinajstić information content (AvgIpc) is 2.96. The molecule has 31 heavy (non-hydrogen) atoms. The monoisotopic (exact) mass is 433 g/mol. The number of nitrogens with one attached hydrogen (secondary N) is 1. The molecule has 0 atom stereocenters. The van der Waals surface area contributed by atoms with Crippen molar-refractivity contribution in [2.45, 2.75) is 6.18 Å². The van der Waals surface area contributed by atoms with Crippen molar-refractivity contribution in [2.24, 2.45) is 0 Å². The lowest BCUT2D eigenvalue weighted by molar-refractivity contribution is -0.385. The fraction of sp³-hybridized carbons (Fsp3) is 0.100. The van der Waals surface area contributed by atoms with Gasteiger partial charge in [-0.25, -0.2) is 4.79 Å². The molecule has 2 aromatic carbocycles. The molecule has 3 amide bonds. The van der Waals surface area contributed by atoms with Crippen LogP contribution in [0.3, 0.4) is 0 Å². The van der Waals surface area contributed by atoms with Crippen LogP contribution in [0.2, 0.25) is 0 Å². The molecule has 0 aromatic heterocycles. The van der Waals surface area contributed by atoms with Gasteiger partial charge in [-0.15, -0.1) is 6.58 Å². The van der Waals surface area contributed by atoms with Crippen LogP contribution in [0.4, 0.5) is 23.7 Å². The minimum atomic E-state index is -4.73. The number of halogens is 3. The molecule has 1 fully saturated rings. The van der Waals surface area contributed by atoms with Gasteiger partial charge in [-0.2, -0.15) is 13.2 Å². The topological polar surface area (TPSA) is 102 Å². The minimum Gasteiger partial charge on any atom is -0.450 e. The van der Waals surface area contributed by atoms with Gasteiger partial charge in [0.25, 0.3) is 5.91 Å². The maximum absolute atomic E-state index is 12.8. The number of rotatable bonds is 6. The van der Waals surface area contributed by atoms with Crippen LogP contribution in [0.1, 0.15) is 11.1 Å². The molecule has 11 heteroatoms. The third-order valence-corrected chi connectivity index (χ3v) is 4.18. The smallest absolute Gasteiger partial charge is 0.416 e. The van der Waals surface area contributed by atoms with Crippen LogP contribution < -0.4 is 10.1 Å². The zero-order chi connectivity index (χ0) is 22.8. The van der Waals surface area contributed by atoms with Crippen LogP contribution in [-0.2, 0) is 11.0 Å². The predicted octanol–water partition coefficient (Wildman–Crippen LogP) is 4.48. The Kier molecular flexibility index (Phi) is 5.77. The molecule has 1 N–H and O–H groups in total. The maximum Gasteiger partial charge on any atom is 0.416 e. The normalized spacial score (nSPS) is 15.2. The van der Waals surface area contributed by atoms with Gasteiger partial charge in [0.05, 0.1) is 10.5 Å². The Morgan fingerprint density at radius 2 is 1.84 bits per heavy atom. The Hall–Kier alpha value is -4.15. The summed E-state index contributed by atoms with van der Waals surface area (Å²) in [6.45, 7) is 3.53. The highest BCUT2D eigenvalue weighted by molar-refractivity contribution is 6.14. The van der Waals surface area contributed by atoms with Crippen molar-refractivity contribution in [1.29, 1.82) is 0 Å². The number of alkyl halides is 3. The highest BCUT2D eigenvalue weighted by atomic mass is 19.4. The number of nitro groups is 1. The molecule has 0 saturated carbocycles. The average molecular weight is 433 g/mol.